The van der Waals surface area contributed by atoms with Crippen LogP contribution in [0.15, 0.2) is 42.5 Å². The van der Waals surface area contributed by atoms with E-state index in [0.717, 1.165) is 0 Å². The highest BCUT2D eigenvalue weighted by molar-refractivity contribution is 6.21. The Labute approximate surface area is 127 Å². The zero-order valence-corrected chi connectivity index (χ0v) is 11.9. The number of amides is 2. The Morgan fingerprint density at radius 2 is 1.68 bits per heavy atom. The quantitative estimate of drug-likeness (QED) is 0.641. The predicted molar refractivity (Wildman–Crippen MR) is 79.0 cm³/mol. The van der Waals surface area contributed by atoms with Crippen LogP contribution < -0.4 is 4.74 Å². The van der Waals surface area contributed by atoms with Crippen LogP contribution in [0.3, 0.4) is 0 Å². The molecule has 2 amide bonds. The molecule has 0 atom stereocenters. The molecule has 0 spiro atoms. The highest BCUT2D eigenvalue weighted by Gasteiger charge is 2.34. The molecule has 110 valence electrons. The van der Waals surface area contributed by atoms with Gasteiger partial charge in [0.1, 0.15) is 5.75 Å². The summed E-state index contributed by atoms with van der Waals surface area (Å²) in [6, 6.07) is 11.7. The van der Waals surface area contributed by atoms with Gasteiger partial charge in [0.25, 0.3) is 11.8 Å². The summed E-state index contributed by atoms with van der Waals surface area (Å²) in [6.07, 6.45) is 0.685. The first-order chi connectivity index (χ1) is 10.7. The Morgan fingerprint density at radius 3 is 2.23 bits per heavy atom. The van der Waals surface area contributed by atoms with Crippen molar-refractivity contribution >= 4 is 18.1 Å². The van der Waals surface area contributed by atoms with E-state index in [0.29, 0.717) is 34.3 Å². The summed E-state index contributed by atoms with van der Waals surface area (Å²) in [5, 5.41) is 0. The van der Waals surface area contributed by atoms with Gasteiger partial charge in [-0.15, -0.1) is 0 Å². The average Bonchev–Trinajstić information content (AvgIpc) is 2.80. The summed E-state index contributed by atoms with van der Waals surface area (Å²) in [6.45, 7) is 0.122. The van der Waals surface area contributed by atoms with Gasteiger partial charge in [-0.1, -0.05) is 18.2 Å². The van der Waals surface area contributed by atoms with Crippen LogP contribution in [-0.4, -0.2) is 30.1 Å². The number of hydrogen-bond donors (Lipinski definition) is 0. The van der Waals surface area contributed by atoms with Crippen LogP contribution >= 0.6 is 0 Å². The normalized spacial score (nSPS) is 13.2. The molecule has 0 aromatic heterocycles. The number of imide groups is 1. The zero-order chi connectivity index (χ0) is 15.7. The summed E-state index contributed by atoms with van der Waals surface area (Å²) in [5.74, 6) is -0.172. The summed E-state index contributed by atoms with van der Waals surface area (Å²) >= 11 is 0. The minimum atomic E-state index is -0.316. The predicted octanol–water partition coefficient (Wildman–Crippen LogP) is 2.30. The molecule has 0 unspecified atom stereocenters. The van der Waals surface area contributed by atoms with Crippen molar-refractivity contribution in [2.75, 3.05) is 7.11 Å². The molecular formula is C17H13NO4. The zero-order valence-electron chi connectivity index (χ0n) is 11.9. The second-order valence-corrected chi connectivity index (χ2v) is 4.94. The molecule has 0 saturated heterocycles. The average molecular weight is 295 g/mol. The number of rotatable bonds is 4. The number of nitrogens with zero attached hydrogens (tertiary/aromatic N) is 1. The van der Waals surface area contributed by atoms with Crippen molar-refractivity contribution in [2.45, 2.75) is 6.54 Å². The summed E-state index contributed by atoms with van der Waals surface area (Å²) < 4.78 is 5.08. The van der Waals surface area contributed by atoms with Crippen molar-refractivity contribution in [1.82, 2.24) is 4.90 Å². The van der Waals surface area contributed by atoms with Gasteiger partial charge in [0.15, 0.2) is 6.29 Å². The van der Waals surface area contributed by atoms with E-state index in [4.69, 9.17) is 4.74 Å². The van der Waals surface area contributed by atoms with Gasteiger partial charge < -0.3 is 4.74 Å². The molecule has 1 aliphatic rings. The summed E-state index contributed by atoms with van der Waals surface area (Å²) in [7, 11) is 1.48. The van der Waals surface area contributed by atoms with E-state index >= 15 is 0 Å². The molecule has 0 radical (unpaired) electrons. The lowest BCUT2D eigenvalue weighted by Gasteiger charge is -2.14. The first kappa shape index (κ1) is 14.0. The number of ether oxygens (including phenoxy) is 1. The van der Waals surface area contributed by atoms with E-state index in [2.05, 4.69) is 0 Å². The largest absolute Gasteiger partial charge is 0.496 e. The fourth-order valence-corrected chi connectivity index (χ4v) is 2.54. The second kappa shape index (κ2) is 5.44. The van der Waals surface area contributed by atoms with Gasteiger partial charge in [0, 0.05) is 0 Å². The van der Waals surface area contributed by atoms with E-state index in [1.54, 1.807) is 42.5 Å². The van der Waals surface area contributed by atoms with Gasteiger partial charge >= 0.3 is 0 Å². The molecule has 0 aliphatic carbocycles. The molecule has 0 saturated carbocycles. The van der Waals surface area contributed by atoms with Crippen molar-refractivity contribution in [1.29, 1.82) is 0 Å². The number of fused-ring (bicyclic) bond motifs is 1. The first-order valence-electron chi connectivity index (χ1n) is 6.73. The third kappa shape index (κ3) is 2.16. The fourth-order valence-electron chi connectivity index (χ4n) is 2.54. The van der Waals surface area contributed by atoms with Crippen molar-refractivity contribution < 1.29 is 19.1 Å². The van der Waals surface area contributed by atoms with E-state index in [-0.39, 0.29) is 18.4 Å². The van der Waals surface area contributed by atoms with Crippen molar-refractivity contribution in [3.05, 3.63) is 64.7 Å². The minimum Gasteiger partial charge on any atom is -0.496 e. The lowest BCUT2D eigenvalue weighted by atomic mass is 10.1. The van der Waals surface area contributed by atoms with Crippen LogP contribution in [0.2, 0.25) is 0 Å². The Balaban J connectivity index is 1.90. The van der Waals surface area contributed by atoms with Gasteiger partial charge in [-0.2, -0.15) is 0 Å². The van der Waals surface area contributed by atoms with Gasteiger partial charge in [-0.3, -0.25) is 19.3 Å². The van der Waals surface area contributed by atoms with Crippen LogP contribution in [0.25, 0.3) is 0 Å². The maximum Gasteiger partial charge on any atom is 0.261 e. The minimum absolute atomic E-state index is 0.122. The molecule has 5 nitrogen and oxygen atoms in total. The lowest BCUT2D eigenvalue weighted by molar-refractivity contribution is 0.0642. The maximum absolute atomic E-state index is 12.3. The first-order valence-corrected chi connectivity index (χ1v) is 6.73. The van der Waals surface area contributed by atoms with Gasteiger partial charge in [0.05, 0.1) is 30.3 Å². The molecule has 22 heavy (non-hydrogen) atoms. The van der Waals surface area contributed by atoms with E-state index in [9.17, 15) is 14.4 Å². The number of carbonyl (C=O) groups excluding carboxylic acids is 3. The molecule has 2 aromatic rings. The van der Waals surface area contributed by atoms with Gasteiger partial charge in [-0.25, -0.2) is 0 Å². The maximum atomic E-state index is 12.3. The number of methoxy groups -OCH3 is 1. The number of aldehydes is 1. The van der Waals surface area contributed by atoms with Crippen molar-refractivity contribution in [3.8, 4) is 5.75 Å². The van der Waals surface area contributed by atoms with Gasteiger partial charge in [0.2, 0.25) is 0 Å². The molecule has 0 bridgehead atoms. The standard InChI is InChI=1S/C17H13NO4/c1-22-15-7-6-11(8-12(15)10-19)9-18-16(20)13-4-2-3-5-14(13)17(18)21/h2-8,10H,9H2,1H3. The molecular weight excluding hydrogens is 282 g/mol. The third-order valence-corrected chi connectivity index (χ3v) is 3.64. The van der Waals surface area contributed by atoms with Crippen LogP contribution in [0, 0.1) is 0 Å². The van der Waals surface area contributed by atoms with Crippen LogP contribution in [-0.2, 0) is 6.54 Å². The third-order valence-electron chi connectivity index (χ3n) is 3.64. The smallest absolute Gasteiger partial charge is 0.261 e. The van der Waals surface area contributed by atoms with Crippen LogP contribution in [0.5, 0.6) is 5.75 Å². The van der Waals surface area contributed by atoms with Crippen molar-refractivity contribution in [2.24, 2.45) is 0 Å². The van der Waals surface area contributed by atoms with E-state index in [1.807, 2.05) is 0 Å². The van der Waals surface area contributed by atoms with E-state index in [1.165, 1.54) is 12.0 Å². The fraction of sp³-hybridized carbons (Fsp3) is 0.118. The second-order valence-electron chi connectivity index (χ2n) is 4.94. The van der Waals surface area contributed by atoms with Crippen LogP contribution in [0.1, 0.15) is 36.6 Å². The molecule has 0 fully saturated rings. The molecule has 1 heterocycles. The lowest BCUT2D eigenvalue weighted by Crippen LogP contribution is -2.29. The Kier molecular flexibility index (Phi) is 3.47. The number of hydrogen-bond acceptors (Lipinski definition) is 4. The topological polar surface area (TPSA) is 63.7 Å². The highest BCUT2D eigenvalue weighted by atomic mass is 16.5. The molecule has 3 rings (SSSR count). The molecule has 2 aromatic carbocycles. The van der Waals surface area contributed by atoms with Crippen LogP contribution in [0.4, 0.5) is 0 Å². The Hall–Kier alpha value is -2.95. The molecule has 0 N–H and O–H groups in total. The highest BCUT2D eigenvalue weighted by Crippen LogP contribution is 2.25. The van der Waals surface area contributed by atoms with E-state index < -0.39 is 0 Å². The summed E-state index contributed by atoms with van der Waals surface area (Å²) in [4.78, 5) is 36.8. The van der Waals surface area contributed by atoms with Crippen molar-refractivity contribution in [3.63, 3.8) is 0 Å². The van der Waals surface area contributed by atoms with Gasteiger partial charge in [-0.05, 0) is 29.8 Å². The Bertz CT molecular complexity index is 747. The number of benzene rings is 2. The SMILES string of the molecule is COc1ccc(CN2C(=O)c3ccccc3C2=O)cc1C=O. The molecule has 5 heteroatoms. The monoisotopic (exact) mass is 295 g/mol. The number of carbonyl (C=O) groups is 3. The summed E-state index contributed by atoms with van der Waals surface area (Å²) in [5.41, 5.74) is 1.90. The molecule has 1 aliphatic heterocycles. The Morgan fingerprint density at radius 1 is 1.05 bits per heavy atom.